The van der Waals surface area contributed by atoms with Crippen LogP contribution in [0.1, 0.15) is 26.7 Å². The van der Waals surface area contributed by atoms with E-state index in [9.17, 15) is 13.2 Å². The fourth-order valence-corrected chi connectivity index (χ4v) is 1.47. The molecule has 0 spiro atoms. The van der Waals surface area contributed by atoms with Crippen molar-refractivity contribution >= 4 is 5.69 Å². The molecule has 0 aliphatic carbocycles. The minimum Gasteiger partial charge on any atom is -0.380 e. The lowest BCUT2D eigenvalue weighted by Crippen LogP contribution is -2.23. The lowest BCUT2D eigenvalue weighted by atomic mass is 10.2. The van der Waals surface area contributed by atoms with Crippen molar-refractivity contribution in [2.75, 3.05) is 5.32 Å². The van der Waals surface area contributed by atoms with Gasteiger partial charge in [-0.2, -0.15) is 18.3 Å². The van der Waals surface area contributed by atoms with Gasteiger partial charge < -0.3 is 5.32 Å². The highest BCUT2D eigenvalue weighted by atomic mass is 19.4. The predicted octanol–water partition coefficient (Wildman–Crippen LogP) is 3.05. The summed E-state index contributed by atoms with van der Waals surface area (Å²) in [7, 11) is 0. The molecule has 0 fully saturated rings. The Morgan fingerprint density at radius 2 is 2.19 bits per heavy atom. The van der Waals surface area contributed by atoms with Gasteiger partial charge >= 0.3 is 6.18 Å². The van der Waals surface area contributed by atoms with E-state index in [1.54, 1.807) is 17.1 Å². The van der Waals surface area contributed by atoms with Gasteiger partial charge in [0.2, 0.25) is 0 Å². The van der Waals surface area contributed by atoms with Crippen LogP contribution in [-0.2, 0) is 6.54 Å². The summed E-state index contributed by atoms with van der Waals surface area (Å²) in [5.74, 6) is 0. The molecule has 0 aliphatic heterocycles. The zero-order valence-corrected chi connectivity index (χ0v) is 9.38. The first-order valence-electron chi connectivity index (χ1n) is 5.26. The number of aryl methyl sites for hydroxylation is 1. The maximum Gasteiger partial charge on any atom is 0.391 e. The molecule has 0 radical (unpaired) electrons. The van der Waals surface area contributed by atoms with Crippen molar-refractivity contribution in [1.82, 2.24) is 9.78 Å². The van der Waals surface area contributed by atoms with E-state index in [0.29, 0.717) is 5.69 Å². The SMILES string of the molecule is CCCn1cc(N[C@H](C)CC(F)(F)F)cn1. The minimum absolute atomic E-state index is 0.630. The molecular formula is C10H16F3N3. The Bertz CT molecular complexity index is 319. The highest BCUT2D eigenvalue weighted by Crippen LogP contribution is 2.23. The standard InChI is InChI=1S/C10H16F3N3/c1-3-4-16-7-9(6-14-16)15-8(2)5-10(11,12)13/h6-8,15H,3-5H2,1-2H3/t8-/m1/s1. The quantitative estimate of drug-likeness (QED) is 0.850. The van der Waals surface area contributed by atoms with Gasteiger partial charge in [0.25, 0.3) is 0 Å². The Kier molecular flexibility index (Phi) is 4.20. The molecule has 6 heteroatoms. The molecule has 1 aromatic heterocycles. The second-order valence-corrected chi connectivity index (χ2v) is 3.86. The number of aromatic nitrogens is 2. The van der Waals surface area contributed by atoms with Gasteiger partial charge in [-0.3, -0.25) is 4.68 Å². The first-order chi connectivity index (χ1) is 7.40. The summed E-state index contributed by atoms with van der Waals surface area (Å²) in [6.07, 6.45) is -0.768. The van der Waals surface area contributed by atoms with Crippen LogP contribution in [0.4, 0.5) is 18.9 Å². The smallest absolute Gasteiger partial charge is 0.380 e. The third-order valence-electron chi connectivity index (χ3n) is 2.04. The van der Waals surface area contributed by atoms with Crippen molar-refractivity contribution in [3.63, 3.8) is 0 Å². The third kappa shape index (κ3) is 4.55. The van der Waals surface area contributed by atoms with Crippen LogP contribution in [0.5, 0.6) is 0 Å². The highest BCUT2D eigenvalue weighted by Gasteiger charge is 2.29. The third-order valence-corrected chi connectivity index (χ3v) is 2.04. The molecule has 1 aromatic rings. The Morgan fingerprint density at radius 1 is 1.50 bits per heavy atom. The Balaban J connectivity index is 2.46. The molecule has 0 saturated carbocycles. The molecular weight excluding hydrogens is 219 g/mol. The van der Waals surface area contributed by atoms with Crippen LogP contribution < -0.4 is 5.32 Å². The molecule has 1 atom stereocenters. The number of alkyl halides is 3. The molecule has 0 aromatic carbocycles. The first kappa shape index (κ1) is 12.9. The van der Waals surface area contributed by atoms with Crippen LogP contribution in [0.2, 0.25) is 0 Å². The lowest BCUT2D eigenvalue weighted by Gasteiger charge is -2.15. The monoisotopic (exact) mass is 235 g/mol. The summed E-state index contributed by atoms with van der Waals surface area (Å²) in [4.78, 5) is 0. The van der Waals surface area contributed by atoms with E-state index in [0.717, 1.165) is 13.0 Å². The average molecular weight is 235 g/mol. The number of anilines is 1. The molecule has 0 unspecified atom stereocenters. The van der Waals surface area contributed by atoms with Gasteiger partial charge in [-0.05, 0) is 13.3 Å². The van der Waals surface area contributed by atoms with Crippen LogP contribution in [0.25, 0.3) is 0 Å². The second-order valence-electron chi connectivity index (χ2n) is 3.86. The highest BCUT2D eigenvalue weighted by molar-refractivity contribution is 5.39. The van der Waals surface area contributed by atoms with Gasteiger partial charge in [0.05, 0.1) is 18.3 Å². The van der Waals surface area contributed by atoms with Crippen molar-refractivity contribution in [2.45, 2.75) is 45.5 Å². The molecule has 3 nitrogen and oxygen atoms in total. The summed E-state index contributed by atoms with van der Waals surface area (Å²) in [5.41, 5.74) is 0.630. The average Bonchev–Trinajstić information content (AvgIpc) is 2.49. The molecule has 0 amide bonds. The summed E-state index contributed by atoms with van der Waals surface area (Å²) in [5, 5.41) is 6.80. The largest absolute Gasteiger partial charge is 0.391 e. The molecule has 0 saturated heterocycles. The Labute approximate surface area is 92.6 Å². The lowest BCUT2D eigenvalue weighted by molar-refractivity contribution is -0.136. The number of hydrogen-bond donors (Lipinski definition) is 1. The van der Waals surface area contributed by atoms with Gasteiger partial charge in [0.1, 0.15) is 0 Å². The molecule has 92 valence electrons. The van der Waals surface area contributed by atoms with Crippen molar-refractivity contribution in [3.8, 4) is 0 Å². The zero-order valence-electron chi connectivity index (χ0n) is 9.38. The van der Waals surface area contributed by atoms with Crippen LogP contribution in [0.3, 0.4) is 0 Å². The van der Waals surface area contributed by atoms with E-state index in [2.05, 4.69) is 10.4 Å². The number of rotatable bonds is 5. The van der Waals surface area contributed by atoms with Gasteiger partial charge in [0.15, 0.2) is 0 Å². The van der Waals surface area contributed by atoms with Crippen molar-refractivity contribution in [3.05, 3.63) is 12.4 Å². The van der Waals surface area contributed by atoms with Crippen molar-refractivity contribution in [1.29, 1.82) is 0 Å². The molecule has 1 rings (SSSR count). The summed E-state index contributed by atoms with van der Waals surface area (Å²) in [6.45, 7) is 4.29. The summed E-state index contributed by atoms with van der Waals surface area (Å²) in [6, 6.07) is -0.640. The molecule has 1 heterocycles. The van der Waals surface area contributed by atoms with E-state index in [1.807, 2.05) is 6.92 Å². The van der Waals surface area contributed by atoms with Crippen LogP contribution >= 0.6 is 0 Å². The fraction of sp³-hybridized carbons (Fsp3) is 0.700. The van der Waals surface area contributed by atoms with E-state index in [-0.39, 0.29) is 0 Å². The molecule has 1 N–H and O–H groups in total. The van der Waals surface area contributed by atoms with Gasteiger partial charge in [-0.25, -0.2) is 0 Å². The van der Waals surface area contributed by atoms with Crippen LogP contribution in [0.15, 0.2) is 12.4 Å². The topological polar surface area (TPSA) is 29.9 Å². The summed E-state index contributed by atoms with van der Waals surface area (Å²) < 4.78 is 37.9. The van der Waals surface area contributed by atoms with Crippen molar-refractivity contribution < 1.29 is 13.2 Å². The first-order valence-corrected chi connectivity index (χ1v) is 5.26. The number of halogens is 3. The van der Waals surface area contributed by atoms with Gasteiger partial charge in [0, 0.05) is 18.8 Å². The Morgan fingerprint density at radius 3 is 2.75 bits per heavy atom. The molecule has 0 aliphatic rings. The van der Waals surface area contributed by atoms with Gasteiger partial charge in [-0.1, -0.05) is 6.92 Å². The molecule has 0 bridgehead atoms. The predicted molar refractivity (Wildman–Crippen MR) is 56.3 cm³/mol. The second kappa shape index (κ2) is 5.23. The van der Waals surface area contributed by atoms with Crippen molar-refractivity contribution in [2.24, 2.45) is 0 Å². The fourth-order valence-electron chi connectivity index (χ4n) is 1.47. The normalized spacial score (nSPS) is 13.8. The van der Waals surface area contributed by atoms with Crippen LogP contribution in [-0.4, -0.2) is 22.0 Å². The van der Waals surface area contributed by atoms with E-state index >= 15 is 0 Å². The maximum absolute atomic E-state index is 12.1. The van der Waals surface area contributed by atoms with Gasteiger partial charge in [-0.15, -0.1) is 0 Å². The summed E-state index contributed by atoms with van der Waals surface area (Å²) >= 11 is 0. The van der Waals surface area contributed by atoms with E-state index in [1.165, 1.54) is 6.92 Å². The van der Waals surface area contributed by atoms with E-state index < -0.39 is 18.6 Å². The number of nitrogens with zero attached hydrogens (tertiary/aromatic N) is 2. The number of nitrogens with one attached hydrogen (secondary N) is 1. The maximum atomic E-state index is 12.1. The minimum atomic E-state index is -4.13. The molecule has 16 heavy (non-hydrogen) atoms. The van der Waals surface area contributed by atoms with E-state index in [4.69, 9.17) is 0 Å². The Hall–Kier alpha value is -1.20. The zero-order chi connectivity index (χ0) is 12.2. The number of hydrogen-bond acceptors (Lipinski definition) is 2. The van der Waals surface area contributed by atoms with Crippen LogP contribution in [0, 0.1) is 0 Å².